The highest BCUT2D eigenvalue weighted by Crippen LogP contribution is 2.55. The Bertz CT molecular complexity index is 2090. The van der Waals surface area contributed by atoms with Crippen LogP contribution in [0.5, 0.6) is 46.0 Å². The number of amides is 1. The van der Waals surface area contributed by atoms with E-state index in [4.69, 9.17) is 28.4 Å². The number of methoxy groups -OCH3 is 4. The van der Waals surface area contributed by atoms with Gasteiger partial charge < -0.3 is 28.4 Å². The first-order valence-corrected chi connectivity index (χ1v) is 18.4. The summed E-state index contributed by atoms with van der Waals surface area (Å²) in [4.78, 5) is 17.0. The zero-order valence-electron chi connectivity index (χ0n) is 32.2. The molecule has 0 radical (unpaired) electrons. The number of ether oxygens (including phenoxy) is 6. The summed E-state index contributed by atoms with van der Waals surface area (Å²) in [6, 6.07) is 18.5. The number of hydrogen-bond donors (Lipinski definition) is 0. The largest absolute Gasteiger partial charge is 0.493 e. The van der Waals surface area contributed by atoms with Crippen LogP contribution in [0.2, 0.25) is 0 Å². The second-order valence-electron chi connectivity index (χ2n) is 15.6. The molecule has 0 fully saturated rings. The van der Waals surface area contributed by atoms with Gasteiger partial charge in [-0.25, -0.2) is 10.0 Å². The Hall–Kier alpha value is -4.93. The summed E-state index contributed by atoms with van der Waals surface area (Å²) in [5.74, 6) is 4.85. The van der Waals surface area contributed by atoms with Crippen LogP contribution in [-0.2, 0) is 24.1 Å². The molecule has 10 nitrogen and oxygen atoms in total. The van der Waals surface area contributed by atoms with E-state index in [-0.39, 0.29) is 23.9 Å². The average Bonchev–Trinajstić information content (AvgIpc) is 3.15. The zero-order valence-corrected chi connectivity index (χ0v) is 32.2. The first-order valence-electron chi connectivity index (χ1n) is 18.4. The molecule has 4 aromatic carbocycles. The number of hydrogen-bond acceptors (Lipinski definition) is 9. The van der Waals surface area contributed by atoms with Crippen LogP contribution in [0.3, 0.4) is 0 Å². The molecule has 9 rings (SSSR count). The van der Waals surface area contributed by atoms with Crippen LogP contribution in [0.4, 0.5) is 5.69 Å². The highest BCUT2D eigenvalue weighted by Gasteiger charge is 2.45. The number of benzene rings is 4. The minimum atomic E-state index is -0.675. The molecular weight excluding hydrogens is 670 g/mol. The van der Waals surface area contributed by atoms with Crippen LogP contribution in [0.1, 0.15) is 79.1 Å². The first kappa shape index (κ1) is 35.1. The molecule has 0 spiro atoms. The second kappa shape index (κ2) is 13.2. The number of hydrazine groups is 1. The average molecular weight is 720 g/mol. The van der Waals surface area contributed by atoms with Gasteiger partial charge in [0.2, 0.25) is 11.7 Å². The van der Waals surface area contributed by atoms with Crippen molar-refractivity contribution in [1.29, 1.82) is 0 Å². The summed E-state index contributed by atoms with van der Waals surface area (Å²) in [6.45, 7) is 9.67. The lowest BCUT2D eigenvalue weighted by Crippen LogP contribution is -2.57. The van der Waals surface area contributed by atoms with E-state index in [2.05, 4.69) is 54.2 Å². The molecule has 3 atom stereocenters. The van der Waals surface area contributed by atoms with Crippen LogP contribution in [-0.4, -0.2) is 64.4 Å². The van der Waals surface area contributed by atoms with Crippen molar-refractivity contribution in [2.45, 2.75) is 65.0 Å². The summed E-state index contributed by atoms with van der Waals surface area (Å²) in [7, 11) is 8.80. The highest BCUT2D eigenvalue weighted by atomic mass is 16.5. The van der Waals surface area contributed by atoms with Crippen LogP contribution in [0, 0.1) is 5.41 Å². The van der Waals surface area contributed by atoms with E-state index in [0.29, 0.717) is 65.4 Å². The van der Waals surface area contributed by atoms with E-state index in [0.717, 1.165) is 35.3 Å². The smallest absolute Gasteiger partial charge is 0.246 e. The lowest BCUT2D eigenvalue weighted by Gasteiger charge is -2.49. The summed E-state index contributed by atoms with van der Waals surface area (Å²) in [6.07, 6.45) is 2.13. The third-order valence-electron chi connectivity index (χ3n) is 11.4. The number of rotatable bonds is 4. The third-order valence-corrected chi connectivity index (χ3v) is 11.4. The first-order chi connectivity index (χ1) is 25.4. The van der Waals surface area contributed by atoms with Gasteiger partial charge in [-0.1, -0.05) is 39.8 Å². The second-order valence-corrected chi connectivity index (χ2v) is 15.6. The molecular formula is C43H49N3O7. The van der Waals surface area contributed by atoms with Gasteiger partial charge in [0.1, 0.15) is 5.75 Å². The SMILES string of the molecule is COc1cc2c3cc1Oc1ccc(cc1)[C@H](C)[C@H]1c4cc(c(OC)cc4CCN1C)Oc1c(OC)c(OC)cc4c1[C@H](C3)N(CC4)N2C(=O)C(C)(C)C. The van der Waals surface area contributed by atoms with Crippen molar-refractivity contribution in [3.8, 4) is 46.0 Å². The van der Waals surface area contributed by atoms with Crippen molar-refractivity contribution in [3.63, 3.8) is 0 Å². The zero-order chi connectivity index (χ0) is 37.3. The van der Waals surface area contributed by atoms with Crippen molar-refractivity contribution in [2.24, 2.45) is 5.41 Å². The summed E-state index contributed by atoms with van der Waals surface area (Å²) < 4.78 is 37.8. The van der Waals surface area contributed by atoms with Gasteiger partial charge >= 0.3 is 0 Å². The molecule has 1 amide bonds. The van der Waals surface area contributed by atoms with Gasteiger partial charge in [0.05, 0.1) is 40.2 Å². The molecule has 0 saturated heterocycles. The number of carbonyl (C=O) groups is 1. The molecule has 7 bridgehead atoms. The quantitative estimate of drug-likeness (QED) is 0.207. The molecule has 5 heterocycles. The van der Waals surface area contributed by atoms with Crippen LogP contribution in [0.15, 0.2) is 54.6 Å². The van der Waals surface area contributed by atoms with Gasteiger partial charge in [-0.05, 0) is 90.5 Å². The lowest BCUT2D eigenvalue weighted by atomic mass is 9.82. The molecule has 0 aliphatic carbocycles. The predicted molar refractivity (Wildman–Crippen MR) is 203 cm³/mol. The minimum absolute atomic E-state index is 0.0241. The fourth-order valence-electron chi connectivity index (χ4n) is 8.70. The molecule has 0 unspecified atom stereocenters. The third kappa shape index (κ3) is 5.74. The molecule has 0 aromatic heterocycles. The Labute approximate surface area is 312 Å². The molecule has 0 N–H and O–H groups in total. The monoisotopic (exact) mass is 719 g/mol. The van der Waals surface area contributed by atoms with Gasteiger partial charge in [-0.3, -0.25) is 9.69 Å². The van der Waals surface area contributed by atoms with Crippen LogP contribution >= 0.6 is 0 Å². The van der Waals surface area contributed by atoms with Crippen LogP contribution in [0.25, 0.3) is 0 Å². The summed E-state index contributed by atoms with van der Waals surface area (Å²) in [5.41, 5.74) is 6.72. The predicted octanol–water partition coefficient (Wildman–Crippen LogP) is 8.40. The lowest BCUT2D eigenvalue weighted by molar-refractivity contribution is -0.130. The van der Waals surface area contributed by atoms with E-state index >= 15 is 0 Å². The van der Waals surface area contributed by atoms with Crippen molar-refractivity contribution >= 4 is 11.6 Å². The number of fused-ring (bicyclic) bond motifs is 2. The van der Waals surface area contributed by atoms with Gasteiger partial charge in [-0.15, -0.1) is 0 Å². The van der Waals surface area contributed by atoms with E-state index < -0.39 is 5.41 Å². The number of anilines is 1. The maximum absolute atomic E-state index is 14.5. The van der Waals surface area contributed by atoms with Crippen molar-refractivity contribution in [2.75, 3.05) is 53.6 Å². The van der Waals surface area contributed by atoms with Gasteiger partial charge in [0.15, 0.2) is 34.5 Å². The Morgan fingerprint density at radius 2 is 1.43 bits per heavy atom. The van der Waals surface area contributed by atoms with Gasteiger partial charge in [-0.2, -0.15) is 0 Å². The van der Waals surface area contributed by atoms with Gasteiger partial charge in [0.25, 0.3) is 0 Å². The normalized spacial score (nSPS) is 20.5. The van der Waals surface area contributed by atoms with Crippen molar-refractivity contribution in [3.05, 3.63) is 88.0 Å². The van der Waals surface area contributed by atoms with E-state index in [1.54, 1.807) is 28.4 Å². The molecule has 5 aliphatic heterocycles. The topological polar surface area (TPSA) is 82.2 Å². The standard InChI is InChI=1S/C43H49N3O7/c1-24-25-10-12-29(13-11-25)52-35-21-28-18-32-38-27(15-17-45(32)46(42(47)43(2,3)4)31(28)23-34(35)49-7)20-37(50-8)40(51-9)41(38)53-36-22-30-26(19-33(36)48-6)14-16-44(5)39(24)30/h10-13,19-24,32,39H,14-18H2,1-9H3/t24-,32-,39-/m0/s1. The molecule has 5 aliphatic rings. The summed E-state index contributed by atoms with van der Waals surface area (Å²) in [5, 5.41) is 4.04. The minimum Gasteiger partial charge on any atom is -0.493 e. The molecule has 53 heavy (non-hydrogen) atoms. The van der Waals surface area contributed by atoms with Crippen molar-refractivity contribution in [1.82, 2.24) is 9.91 Å². The number of nitrogens with zero attached hydrogens (tertiary/aromatic N) is 3. The Morgan fingerprint density at radius 3 is 2.11 bits per heavy atom. The highest BCUT2D eigenvalue weighted by molar-refractivity contribution is 5.98. The Balaban J connectivity index is 1.42. The van der Waals surface area contributed by atoms with E-state index in [1.807, 2.05) is 50.0 Å². The Kier molecular flexibility index (Phi) is 8.73. The Morgan fingerprint density at radius 1 is 0.774 bits per heavy atom. The fraction of sp³-hybridized carbons (Fsp3) is 0.419. The van der Waals surface area contributed by atoms with Crippen LogP contribution < -0.4 is 33.4 Å². The molecule has 0 saturated carbocycles. The van der Waals surface area contributed by atoms with E-state index in [9.17, 15) is 4.79 Å². The molecule has 10 heteroatoms. The number of carbonyl (C=O) groups excluding carboxylic acids is 1. The maximum atomic E-state index is 14.5. The molecule has 4 aromatic rings. The summed E-state index contributed by atoms with van der Waals surface area (Å²) >= 11 is 0. The number of likely N-dealkylation sites (N-methyl/N-ethyl adjacent to an activating group) is 1. The fourth-order valence-corrected chi connectivity index (χ4v) is 8.70. The molecule has 278 valence electrons. The van der Waals surface area contributed by atoms with E-state index in [1.165, 1.54) is 16.7 Å². The van der Waals surface area contributed by atoms with Crippen molar-refractivity contribution < 1.29 is 33.2 Å². The maximum Gasteiger partial charge on any atom is 0.246 e. The van der Waals surface area contributed by atoms with Gasteiger partial charge in [0, 0.05) is 42.1 Å².